The Morgan fingerprint density at radius 2 is 1.32 bits per heavy atom. The molecule has 0 heterocycles. The van der Waals surface area contributed by atoms with Gasteiger partial charge in [-0.3, -0.25) is 14.4 Å². The zero-order valence-corrected chi connectivity index (χ0v) is 14.4. The number of nitrogens with zero attached hydrogens (tertiary/aromatic N) is 2. The summed E-state index contributed by atoms with van der Waals surface area (Å²) in [6.45, 7) is 0. The second-order valence-corrected chi connectivity index (χ2v) is 6.12. The molecule has 1 aliphatic rings. The molecule has 0 radical (unpaired) electrons. The number of benzene rings is 3. The quantitative estimate of drug-likeness (QED) is 0.406. The lowest BCUT2D eigenvalue weighted by Gasteiger charge is -2.22. The standard InChI is InChI=1S/C21H12N2O5/c24-19-14-9-4-5-10-15(14)20(25)18-16(19)11-6-12-17(18)22(23(27)28)21(26)13-7-2-1-3-8-13/h1-12H. The van der Waals surface area contributed by atoms with Crippen LogP contribution in [0.2, 0.25) is 0 Å². The average molecular weight is 372 g/mol. The van der Waals surface area contributed by atoms with Gasteiger partial charge in [0, 0.05) is 22.3 Å². The van der Waals surface area contributed by atoms with Gasteiger partial charge in [-0.2, -0.15) is 0 Å². The second-order valence-electron chi connectivity index (χ2n) is 6.12. The van der Waals surface area contributed by atoms with Crippen LogP contribution in [0.25, 0.3) is 0 Å². The van der Waals surface area contributed by atoms with Crippen LogP contribution in [0.3, 0.4) is 0 Å². The molecule has 4 rings (SSSR count). The molecule has 7 heteroatoms. The lowest BCUT2D eigenvalue weighted by atomic mass is 9.83. The number of amides is 1. The van der Waals surface area contributed by atoms with Crippen molar-refractivity contribution in [3.05, 3.63) is 111 Å². The van der Waals surface area contributed by atoms with Crippen LogP contribution in [-0.2, 0) is 0 Å². The van der Waals surface area contributed by atoms with Crippen molar-refractivity contribution in [2.75, 3.05) is 5.01 Å². The van der Waals surface area contributed by atoms with Crippen LogP contribution in [0.1, 0.15) is 42.2 Å². The minimum Gasteiger partial charge on any atom is -0.289 e. The number of carbonyl (C=O) groups is 3. The third-order valence-corrected chi connectivity index (χ3v) is 4.54. The van der Waals surface area contributed by atoms with E-state index in [4.69, 9.17) is 0 Å². The number of hydrogen-bond acceptors (Lipinski definition) is 5. The molecule has 0 N–H and O–H groups in total. The molecule has 0 aromatic heterocycles. The van der Waals surface area contributed by atoms with E-state index in [2.05, 4.69) is 0 Å². The summed E-state index contributed by atoms with van der Waals surface area (Å²) in [6.07, 6.45) is 0. The van der Waals surface area contributed by atoms with Crippen molar-refractivity contribution in [2.24, 2.45) is 0 Å². The zero-order valence-electron chi connectivity index (χ0n) is 14.4. The van der Waals surface area contributed by atoms with Gasteiger partial charge in [-0.1, -0.05) is 54.6 Å². The third kappa shape index (κ3) is 2.57. The Balaban J connectivity index is 1.92. The molecule has 0 saturated carbocycles. The van der Waals surface area contributed by atoms with Crippen molar-refractivity contribution in [3.8, 4) is 0 Å². The molecule has 0 aliphatic heterocycles. The number of rotatable bonds is 3. The number of nitro groups is 1. The van der Waals surface area contributed by atoms with E-state index in [9.17, 15) is 24.5 Å². The molecular formula is C21H12N2O5. The number of carbonyl (C=O) groups excluding carboxylic acids is 3. The Labute approximate surface area is 159 Å². The Morgan fingerprint density at radius 3 is 1.96 bits per heavy atom. The maximum absolute atomic E-state index is 13.0. The van der Waals surface area contributed by atoms with Crippen LogP contribution in [0, 0.1) is 10.1 Å². The second kappa shape index (κ2) is 6.55. The van der Waals surface area contributed by atoms with Crippen molar-refractivity contribution in [1.29, 1.82) is 0 Å². The van der Waals surface area contributed by atoms with Crippen LogP contribution >= 0.6 is 0 Å². The monoisotopic (exact) mass is 372 g/mol. The van der Waals surface area contributed by atoms with Crippen LogP contribution < -0.4 is 5.01 Å². The van der Waals surface area contributed by atoms with E-state index < -0.39 is 22.5 Å². The summed E-state index contributed by atoms with van der Waals surface area (Å²) in [5, 5.41) is 11.2. The summed E-state index contributed by atoms with van der Waals surface area (Å²) in [7, 11) is 0. The number of hydrazine groups is 1. The molecule has 3 aromatic rings. The largest absolute Gasteiger partial charge is 0.319 e. The van der Waals surface area contributed by atoms with E-state index in [0.717, 1.165) is 0 Å². The van der Waals surface area contributed by atoms with Gasteiger partial charge in [-0.25, -0.2) is 10.1 Å². The van der Waals surface area contributed by atoms with Gasteiger partial charge in [0.05, 0.1) is 5.56 Å². The van der Waals surface area contributed by atoms with E-state index in [-0.39, 0.29) is 33.5 Å². The van der Waals surface area contributed by atoms with Crippen LogP contribution in [0.5, 0.6) is 0 Å². The molecule has 1 aliphatic carbocycles. The highest BCUT2D eigenvalue weighted by Crippen LogP contribution is 2.34. The predicted molar refractivity (Wildman–Crippen MR) is 100.0 cm³/mol. The number of anilines is 1. The lowest BCUT2D eigenvalue weighted by Crippen LogP contribution is -2.38. The number of fused-ring (bicyclic) bond motifs is 2. The molecular weight excluding hydrogens is 360 g/mol. The van der Waals surface area contributed by atoms with E-state index in [1.807, 2.05) is 0 Å². The first kappa shape index (κ1) is 17.3. The fourth-order valence-electron chi connectivity index (χ4n) is 3.28. The molecule has 3 aromatic carbocycles. The topological polar surface area (TPSA) is 97.6 Å². The highest BCUT2D eigenvalue weighted by molar-refractivity contribution is 6.30. The third-order valence-electron chi connectivity index (χ3n) is 4.54. The Morgan fingerprint density at radius 1 is 0.750 bits per heavy atom. The molecule has 0 fully saturated rings. The summed E-state index contributed by atoms with van der Waals surface area (Å²) in [6, 6.07) is 18.1. The molecule has 0 bridgehead atoms. The minimum absolute atomic E-state index is 0.0360. The van der Waals surface area contributed by atoms with Gasteiger partial charge >= 0.3 is 5.91 Å². The molecule has 136 valence electrons. The van der Waals surface area contributed by atoms with Gasteiger partial charge in [-0.15, -0.1) is 0 Å². The normalized spacial score (nSPS) is 12.1. The van der Waals surface area contributed by atoms with E-state index in [0.29, 0.717) is 5.01 Å². The van der Waals surface area contributed by atoms with Crippen molar-refractivity contribution in [1.82, 2.24) is 0 Å². The molecule has 0 spiro atoms. The van der Waals surface area contributed by atoms with Crippen molar-refractivity contribution in [3.63, 3.8) is 0 Å². The van der Waals surface area contributed by atoms with Gasteiger partial charge in [0.25, 0.3) is 0 Å². The SMILES string of the molecule is O=C1c2ccccc2C(=O)c2c1cccc2N(C(=O)c1ccccc1)[N+](=O)[O-]. The Kier molecular flexibility index (Phi) is 4.04. The van der Waals surface area contributed by atoms with E-state index in [1.54, 1.807) is 30.3 Å². The molecule has 7 nitrogen and oxygen atoms in total. The van der Waals surface area contributed by atoms with E-state index in [1.165, 1.54) is 42.5 Å². The van der Waals surface area contributed by atoms with Gasteiger partial charge in [0.1, 0.15) is 5.69 Å². The van der Waals surface area contributed by atoms with Crippen LogP contribution in [-0.4, -0.2) is 22.5 Å². The lowest BCUT2D eigenvalue weighted by molar-refractivity contribution is -0.481. The predicted octanol–water partition coefficient (Wildman–Crippen LogP) is 3.30. The number of hydrogen-bond donors (Lipinski definition) is 0. The minimum atomic E-state index is -0.905. The molecule has 0 unspecified atom stereocenters. The summed E-state index contributed by atoms with van der Waals surface area (Å²) in [5.74, 6) is -1.85. The summed E-state index contributed by atoms with van der Waals surface area (Å²) < 4.78 is 0. The van der Waals surface area contributed by atoms with Crippen molar-refractivity contribution >= 4 is 23.2 Å². The fraction of sp³-hybridized carbons (Fsp3) is 0. The summed E-state index contributed by atoms with van der Waals surface area (Å²) in [5.41, 5.74) is 0.138. The smallest absolute Gasteiger partial charge is 0.289 e. The van der Waals surface area contributed by atoms with Gasteiger partial charge < -0.3 is 0 Å². The molecule has 1 amide bonds. The van der Waals surface area contributed by atoms with Crippen LogP contribution in [0.15, 0.2) is 72.8 Å². The summed E-state index contributed by atoms with van der Waals surface area (Å²) >= 11 is 0. The highest BCUT2D eigenvalue weighted by atomic mass is 16.7. The van der Waals surface area contributed by atoms with Crippen LogP contribution in [0.4, 0.5) is 5.69 Å². The molecule has 28 heavy (non-hydrogen) atoms. The Hall–Kier alpha value is -4.13. The van der Waals surface area contributed by atoms with Gasteiger partial charge in [-0.05, 0) is 23.2 Å². The first-order valence-electron chi connectivity index (χ1n) is 8.36. The first-order valence-corrected chi connectivity index (χ1v) is 8.36. The molecule has 0 atom stereocenters. The average Bonchev–Trinajstić information content (AvgIpc) is 2.72. The summed E-state index contributed by atoms with van der Waals surface area (Å²) in [4.78, 5) is 50.4. The highest BCUT2D eigenvalue weighted by Gasteiger charge is 2.38. The maximum Gasteiger partial charge on any atom is 0.319 e. The van der Waals surface area contributed by atoms with Gasteiger partial charge in [0.2, 0.25) is 0 Å². The van der Waals surface area contributed by atoms with Gasteiger partial charge in [0.15, 0.2) is 16.6 Å². The number of ketones is 2. The first-order chi connectivity index (χ1) is 13.5. The fourth-order valence-corrected chi connectivity index (χ4v) is 3.28. The Bertz CT molecular complexity index is 1150. The van der Waals surface area contributed by atoms with E-state index >= 15 is 0 Å². The molecule has 0 saturated heterocycles. The van der Waals surface area contributed by atoms with Crippen molar-refractivity contribution in [2.45, 2.75) is 0 Å². The maximum atomic E-state index is 13.0. The zero-order chi connectivity index (χ0) is 19.8. The van der Waals surface area contributed by atoms with Crippen molar-refractivity contribution < 1.29 is 19.4 Å².